The van der Waals surface area contributed by atoms with E-state index in [0.29, 0.717) is 22.9 Å². The van der Waals surface area contributed by atoms with Crippen LogP contribution in [-0.2, 0) is 16.6 Å². The van der Waals surface area contributed by atoms with E-state index in [1.807, 2.05) is 18.2 Å². The number of ether oxygens (including phenoxy) is 3. The lowest BCUT2D eigenvalue weighted by Crippen LogP contribution is -2.30. The second-order valence-corrected chi connectivity index (χ2v) is 8.07. The molecule has 6 nitrogen and oxygen atoms in total. The molecule has 7 heteroatoms. The van der Waals surface area contributed by atoms with E-state index in [0.717, 1.165) is 5.56 Å². The maximum atomic E-state index is 13.5. The Morgan fingerprint density at radius 1 is 0.759 bits per heavy atom. The Bertz CT molecular complexity index is 1050. The average Bonchev–Trinajstić information content (AvgIpc) is 2.77. The molecule has 0 saturated heterocycles. The van der Waals surface area contributed by atoms with Gasteiger partial charge in [-0.25, -0.2) is 8.42 Å². The van der Waals surface area contributed by atoms with Crippen molar-refractivity contribution in [2.75, 3.05) is 25.6 Å². The van der Waals surface area contributed by atoms with Crippen molar-refractivity contribution in [3.05, 3.63) is 78.4 Å². The van der Waals surface area contributed by atoms with E-state index < -0.39 is 10.0 Å². The number of benzene rings is 3. The van der Waals surface area contributed by atoms with Crippen LogP contribution in [0.2, 0.25) is 0 Å². The van der Waals surface area contributed by atoms with E-state index in [1.54, 1.807) is 61.7 Å². The molecule has 152 valence electrons. The van der Waals surface area contributed by atoms with Crippen molar-refractivity contribution in [2.24, 2.45) is 0 Å². The first kappa shape index (κ1) is 20.5. The third kappa shape index (κ3) is 4.46. The van der Waals surface area contributed by atoms with Crippen LogP contribution in [0.15, 0.2) is 77.7 Å². The van der Waals surface area contributed by atoms with E-state index in [9.17, 15) is 8.42 Å². The van der Waals surface area contributed by atoms with Gasteiger partial charge in [-0.1, -0.05) is 36.4 Å². The second kappa shape index (κ2) is 8.87. The number of nitrogens with zero attached hydrogens (tertiary/aromatic N) is 1. The maximum absolute atomic E-state index is 13.5. The van der Waals surface area contributed by atoms with Gasteiger partial charge in [-0.3, -0.25) is 4.31 Å². The molecule has 0 bridgehead atoms. The highest BCUT2D eigenvalue weighted by Crippen LogP contribution is 2.34. The zero-order valence-electron chi connectivity index (χ0n) is 16.5. The van der Waals surface area contributed by atoms with Gasteiger partial charge in [0, 0.05) is 23.8 Å². The minimum Gasteiger partial charge on any atom is -0.497 e. The van der Waals surface area contributed by atoms with Crippen molar-refractivity contribution in [3.8, 4) is 17.2 Å². The van der Waals surface area contributed by atoms with E-state index in [1.165, 1.54) is 18.5 Å². The third-order valence-corrected chi connectivity index (χ3v) is 6.25. The normalized spacial score (nSPS) is 11.0. The summed E-state index contributed by atoms with van der Waals surface area (Å²) < 4.78 is 44.5. The average molecular weight is 413 g/mol. The van der Waals surface area contributed by atoms with Crippen LogP contribution >= 0.6 is 0 Å². The molecule has 0 aromatic heterocycles. The van der Waals surface area contributed by atoms with Crippen LogP contribution in [0.25, 0.3) is 0 Å². The molecular formula is C22H23NO5S. The van der Waals surface area contributed by atoms with Crippen molar-refractivity contribution in [3.63, 3.8) is 0 Å². The van der Waals surface area contributed by atoms with Crippen LogP contribution in [0.4, 0.5) is 5.69 Å². The quantitative estimate of drug-likeness (QED) is 0.556. The number of anilines is 1. The monoisotopic (exact) mass is 413 g/mol. The van der Waals surface area contributed by atoms with Gasteiger partial charge in [0.25, 0.3) is 10.0 Å². The fourth-order valence-corrected chi connectivity index (χ4v) is 4.41. The topological polar surface area (TPSA) is 65.1 Å². The largest absolute Gasteiger partial charge is 0.497 e. The van der Waals surface area contributed by atoms with Crippen LogP contribution in [-0.4, -0.2) is 29.7 Å². The predicted molar refractivity (Wildman–Crippen MR) is 112 cm³/mol. The molecule has 0 spiro atoms. The third-order valence-electron chi connectivity index (χ3n) is 4.46. The molecule has 0 fully saturated rings. The molecule has 3 aromatic carbocycles. The molecule has 0 unspecified atom stereocenters. The molecule has 0 amide bonds. The summed E-state index contributed by atoms with van der Waals surface area (Å²) in [7, 11) is 0.744. The number of rotatable bonds is 8. The summed E-state index contributed by atoms with van der Waals surface area (Å²) in [5.74, 6) is 1.59. The molecule has 0 atom stereocenters. The molecule has 0 aliphatic rings. The van der Waals surface area contributed by atoms with E-state index in [2.05, 4.69) is 0 Å². The summed E-state index contributed by atoms with van der Waals surface area (Å²) in [5, 5.41) is 0. The number of hydrogen-bond acceptors (Lipinski definition) is 5. The number of sulfonamides is 1. The molecule has 0 saturated carbocycles. The molecular weight excluding hydrogens is 390 g/mol. The lowest BCUT2D eigenvalue weighted by atomic mass is 10.2. The predicted octanol–water partition coefficient (Wildman–Crippen LogP) is 4.11. The first-order chi connectivity index (χ1) is 14.0. The van der Waals surface area contributed by atoms with Crippen LogP contribution in [0.5, 0.6) is 17.2 Å². The molecule has 0 heterocycles. The smallest absolute Gasteiger partial charge is 0.264 e. The summed E-state index contributed by atoms with van der Waals surface area (Å²) in [6.45, 7) is 0.0809. The standard InChI is InChI=1S/C22H23NO5S/c1-26-19-13-18(14-20(15-19)27-2)23(16-17-9-7-8-12-22(17)28-3)29(24,25)21-10-5-4-6-11-21/h4-15H,16H2,1-3H3. The van der Waals surface area contributed by atoms with Crippen molar-refractivity contribution in [2.45, 2.75) is 11.4 Å². The van der Waals surface area contributed by atoms with E-state index in [-0.39, 0.29) is 11.4 Å². The minimum absolute atomic E-state index is 0.0809. The summed E-state index contributed by atoms with van der Waals surface area (Å²) in [4.78, 5) is 0.191. The Labute approximate surface area is 171 Å². The Balaban J connectivity index is 2.17. The highest BCUT2D eigenvalue weighted by atomic mass is 32.2. The van der Waals surface area contributed by atoms with Crippen molar-refractivity contribution < 1.29 is 22.6 Å². The van der Waals surface area contributed by atoms with Gasteiger partial charge in [-0.15, -0.1) is 0 Å². The van der Waals surface area contributed by atoms with E-state index >= 15 is 0 Å². The Hall–Kier alpha value is -3.19. The molecule has 0 aliphatic heterocycles. The Morgan fingerprint density at radius 2 is 1.34 bits per heavy atom. The van der Waals surface area contributed by atoms with Gasteiger partial charge in [0.2, 0.25) is 0 Å². The van der Waals surface area contributed by atoms with Gasteiger partial charge in [0.15, 0.2) is 0 Å². The zero-order chi connectivity index (χ0) is 20.9. The van der Waals surface area contributed by atoms with Gasteiger partial charge in [-0.2, -0.15) is 0 Å². The Morgan fingerprint density at radius 3 is 1.93 bits per heavy atom. The van der Waals surface area contributed by atoms with Crippen molar-refractivity contribution in [1.82, 2.24) is 0 Å². The summed E-state index contributed by atoms with van der Waals surface area (Å²) >= 11 is 0. The molecule has 0 radical (unpaired) electrons. The Kier molecular flexibility index (Phi) is 6.29. The lowest BCUT2D eigenvalue weighted by molar-refractivity contribution is 0.394. The zero-order valence-corrected chi connectivity index (χ0v) is 17.3. The van der Waals surface area contributed by atoms with Crippen molar-refractivity contribution in [1.29, 1.82) is 0 Å². The molecule has 0 N–H and O–H groups in total. The van der Waals surface area contributed by atoms with Gasteiger partial charge < -0.3 is 14.2 Å². The van der Waals surface area contributed by atoms with Gasteiger partial charge in [-0.05, 0) is 18.2 Å². The van der Waals surface area contributed by atoms with Gasteiger partial charge >= 0.3 is 0 Å². The fourth-order valence-electron chi connectivity index (χ4n) is 2.96. The SMILES string of the molecule is COc1cc(OC)cc(N(Cc2ccccc2OC)S(=O)(=O)c2ccccc2)c1. The number of methoxy groups -OCH3 is 3. The molecule has 0 aliphatic carbocycles. The maximum Gasteiger partial charge on any atom is 0.264 e. The highest BCUT2D eigenvalue weighted by Gasteiger charge is 2.27. The first-order valence-corrected chi connectivity index (χ1v) is 10.4. The van der Waals surface area contributed by atoms with Crippen LogP contribution in [0.1, 0.15) is 5.56 Å². The number of para-hydroxylation sites is 1. The van der Waals surface area contributed by atoms with Crippen LogP contribution in [0, 0.1) is 0 Å². The molecule has 3 rings (SSSR count). The second-order valence-electron chi connectivity index (χ2n) is 6.21. The number of hydrogen-bond donors (Lipinski definition) is 0. The van der Waals surface area contributed by atoms with Crippen molar-refractivity contribution >= 4 is 15.7 Å². The summed E-state index contributed by atoms with van der Waals surface area (Å²) in [6, 6.07) is 20.7. The summed E-state index contributed by atoms with van der Waals surface area (Å²) in [5.41, 5.74) is 1.16. The van der Waals surface area contributed by atoms with Gasteiger partial charge in [0.1, 0.15) is 17.2 Å². The molecule has 3 aromatic rings. The van der Waals surface area contributed by atoms with Gasteiger partial charge in [0.05, 0.1) is 38.5 Å². The molecule has 29 heavy (non-hydrogen) atoms. The van der Waals surface area contributed by atoms with Crippen LogP contribution in [0.3, 0.4) is 0 Å². The van der Waals surface area contributed by atoms with Crippen LogP contribution < -0.4 is 18.5 Å². The van der Waals surface area contributed by atoms with E-state index in [4.69, 9.17) is 14.2 Å². The minimum atomic E-state index is -3.86. The lowest BCUT2D eigenvalue weighted by Gasteiger charge is -2.26. The highest BCUT2D eigenvalue weighted by molar-refractivity contribution is 7.92. The first-order valence-electron chi connectivity index (χ1n) is 8.92. The fraction of sp³-hybridized carbons (Fsp3) is 0.182. The summed E-state index contributed by atoms with van der Waals surface area (Å²) in [6.07, 6.45) is 0.